The summed E-state index contributed by atoms with van der Waals surface area (Å²) < 4.78 is 15.5. The molecule has 3 heteroatoms. The van der Waals surface area contributed by atoms with Gasteiger partial charge in [0.25, 0.3) is 0 Å². The second-order valence-corrected chi connectivity index (χ2v) is 3.43. The van der Waals surface area contributed by atoms with Crippen LogP contribution in [-0.4, -0.2) is 11.6 Å². The van der Waals surface area contributed by atoms with Crippen LogP contribution >= 0.6 is 0 Å². The molecule has 2 nitrogen and oxygen atoms in total. The fraction of sp³-hybridized carbons (Fsp3) is 0.273. The van der Waals surface area contributed by atoms with E-state index in [-0.39, 0.29) is 5.82 Å². The molecule has 0 saturated heterocycles. The van der Waals surface area contributed by atoms with Gasteiger partial charge in [-0.05, 0) is 24.7 Å². The van der Waals surface area contributed by atoms with E-state index in [2.05, 4.69) is 5.32 Å². The van der Waals surface area contributed by atoms with Crippen molar-refractivity contribution in [1.29, 1.82) is 0 Å². The van der Waals surface area contributed by atoms with Crippen LogP contribution in [0, 0.1) is 5.82 Å². The predicted molar refractivity (Wildman–Crippen MR) is 55.6 cm³/mol. The van der Waals surface area contributed by atoms with Gasteiger partial charge in [0.2, 0.25) is 0 Å². The van der Waals surface area contributed by atoms with Gasteiger partial charge in [-0.25, -0.2) is 4.39 Å². The Hall–Kier alpha value is -1.35. The lowest BCUT2D eigenvalue weighted by atomic mass is 10.1. The number of hydrogen-bond donors (Lipinski definition) is 1. The zero-order chi connectivity index (χ0) is 10.1. The Labute approximate surface area is 82.3 Å². The molecular formula is C11H13FN2. The van der Waals surface area contributed by atoms with Gasteiger partial charge in [0.15, 0.2) is 0 Å². The molecule has 0 aliphatic heterocycles. The van der Waals surface area contributed by atoms with Gasteiger partial charge in [-0.1, -0.05) is 6.07 Å². The Morgan fingerprint density at radius 1 is 1.43 bits per heavy atom. The highest BCUT2D eigenvalue weighted by Crippen LogP contribution is 2.23. The van der Waals surface area contributed by atoms with E-state index < -0.39 is 0 Å². The maximum Gasteiger partial charge on any atom is 0.132 e. The van der Waals surface area contributed by atoms with Gasteiger partial charge >= 0.3 is 0 Å². The van der Waals surface area contributed by atoms with Crippen LogP contribution in [0.5, 0.6) is 0 Å². The van der Waals surface area contributed by atoms with Crippen molar-refractivity contribution in [3.05, 3.63) is 35.8 Å². The molecule has 1 heterocycles. The summed E-state index contributed by atoms with van der Waals surface area (Å²) in [6.45, 7) is 0.693. The molecule has 0 aliphatic rings. The Balaban J connectivity index is 2.72. The zero-order valence-corrected chi connectivity index (χ0v) is 8.34. The Bertz CT molecular complexity index is 460. The van der Waals surface area contributed by atoms with Gasteiger partial charge in [-0.15, -0.1) is 0 Å². The van der Waals surface area contributed by atoms with E-state index in [4.69, 9.17) is 0 Å². The molecule has 0 saturated carbocycles. The number of aromatic nitrogens is 1. The SMILES string of the molecule is CNCc1cn(C)c2cccc(F)c12. The summed E-state index contributed by atoms with van der Waals surface area (Å²) in [5.74, 6) is -0.145. The minimum atomic E-state index is -0.145. The van der Waals surface area contributed by atoms with E-state index in [9.17, 15) is 4.39 Å². The van der Waals surface area contributed by atoms with Crippen LogP contribution in [-0.2, 0) is 13.6 Å². The van der Waals surface area contributed by atoms with E-state index in [0.717, 1.165) is 16.5 Å². The average molecular weight is 192 g/mol. The predicted octanol–water partition coefficient (Wildman–Crippen LogP) is 2.04. The highest BCUT2D eigenvalue weighted by atomic mass is 19.1. The summed E-state index contributed by atoms with van der Waals surface area (Å²) in [5.41, 5.74) is 1.94. The molecule has 0 bridgehead atoms. The number of hydrogen-bond acceptors (Lipinski definition) is 1. The summed E-state index contributed by atoms with van der Waals surface area (Å²) >= 11 is 0. The van der Waals surface area contributed by atoms with Gasteiger partial charge in [0.1, 0.15) is 5.82 Å². The smallest absolute Gasteiger partial charge is 0.132 e. The molecule has 0 radical (unpaired) electrons. The maximum atomic E-state index is 13.5. The van der Waals surface area contributed by atoms with Gasteiger partial charge in [-0.2, -0.15) is 0 Å². The molecule has 1 N–H and O–H groups in total. The summed E-state index contributed by atoms with van der Waals surface area (Å²) in [6.07, 6.45) is 1.96. The number of halogens is 1. The topological polar surface area (TPSA) is 17.0 Å². The third kappa shape index (κ3) is 1.30. The third-order valence-electron chi connectivity index (χ3n) is 2.41. The van der Waals surface area contributed by atoms with Crippen LogP contribution in [0.1, 0.15) is 5.56 Å². The molecule has 14 heavy (non-hydrogen) atoms. The number of fused-ring (bicyclic) bond motifs is 1. The van der Waals surface area contributed by atoms with E-state index in [1.165, 1.54) is 6.07 Å². The summed E-state index contributed by atoms with van der Waals surface area (Å²) in [7, 11) is 3.79. The van der Waals surface area contributed by atoms with Crippen molar-refractivity contribution in [2.45, 2.75) is 6.54 Å². The minimum absolute atomic E-state index is 0.145. The van der Waals surface area contributed by atoms with Crippen molar-refractivity contribution in [3.8, 4) is 0 Å². The second kappa shape index (κ2) is 3.42. The third-order valence-corrected chi connectivity index (χ3v) is 2.41. The van der Waals surface area contributed by atoms with Crippen LogP contribution < -0.4 is 5.32 Å². The highest BCUT2D eigenvalue weighted by Gasteiger charge is 2.09. The molecule has 0 atom stereocenters. The first-order chi connectivity index (χ1) is 6.74. The number of aryl methyl sites for hydroxylation is 1. The van der Waals surface area contributed by atoms with Gasteiger partial charge in [0.05, 0.1) is 5.52 Å². The monoisotopic (exact) mass is 192 g/mol. The lowest BCUT2D eigenvalue weighted by Crippen LogP contribution is -2.04. The summed E-state index contributed by atoms with van der Waals surface area (Å²) in [6, 6.07) is 5.17. The van der Waals surface area contributed by atoms with Gasteiger partial charge in [0, 0.05) is 25.2 Å². The Kier molecular flexibility index (Phi) is 2.25. The van der Waals surface area contributed by atoms with Crippen LogP contribution in [0.25, 0.3) is 10.9 Å². The number of benzene rings is 1. The number of nitrogens with one attached hydrogen (secondary N) is 1. The van der Waals surface area contributed by atoms with E-state index in [1.807, 2.05) is 30.9 Å². The molecule has 0 amide bonds. The van der Waals surface area contributed by atoms with E-state index >= 15 is 0 Å². The van der Waals surface area contributed by atoms with Crippen LogP contribution in [0.2, 0.25) is 0 Å². The Morgan fingerprint density at radius 3 is 2.93 bits per heavy atom. The maximum absolute atomic E-state index is 13.5. The molecule has 1 aromatic carbocycles. The first-order valence-corrected chi connectivity index (χ1v) is 4.61. The molecule has 0 fully saturated rings. The molecule has 0 unspecified atom stereocenters. The van der Waals surface area contributed by atoms with E-state index in [0.29, 0.717) is 6.54 Å². The van der Waals surface area contributed by atoms with Crippen LogP contribution in [0.3, 0.4) is 0 Å². The molecule has 0 aliphatic carbocycles. The van der Waals surface area contributed by atoms with Crippen LogP contribution in [0.4, 0.5) is 4.39 Å². The van der Waals surface area contributed by atoms with Gasteiger partial charge < -0.3 is 9.88 Å². The fourth-order valence-electron chi connectivity index (χ4n) is 1.82. The second-order valence-electron chi connectivity index (χ2n) is 3.43. The van der Waals surface area contributed by atoms with Crippen molar-refractivity contribution >= 4 is 10.9 Å². The van der Waals surface area contributed by atoms with Crippen molar-refractivity contribution in [3.63, 3.8) is 0 Å². The fourth-order valence-corrected chi connectivity index (χ4v) is 1.82. The first-order valence-electron chi connectivity index (χ1n) is 4.61. The summed E-state index contributed by atoms with van der Waals surface area (Å²) in [5, 5.41) is 3.76. The highest BCUT2D eigenvalue weighted by molar-refractivity contribution is 5.84. The van der Waals surface area contributed by atoms with Crippen molar-refractivity contribution < 1.29 is 4.39 Å². The molecule has 2 rings (SSSR count). The first kappa shape index (κ1) is 9.21. The standard InChI is InChI=1S/C11H13FN2/c1-13-6-8-7-14(2)10-5-3-4-9(12)11(8)10/h3-5,7,13H,6H2,1-2H3. The Morgan fingerprint density at radius 2 is 2.21 bits per heavy atom. The lowest BCUT2D eigenvalue weighted by Gasteiger charge is -1.98. The molecule has 1 aromatic heterocycles. The van der Waals surface area contributed by atoms with Crippen LogP contribution in [0.15, 0.2) is 24.4 Å². The lowest BCUT2D eigenvalue weighted by molar-refractivity contribution is 0.638. The van der Waals surface area contributed by atoms with Crippen molar-refractivity contribution in [2.24, 2.45) is 7.05 Å². The molecular weight excluding hydrogens is 179 g/mol. The minimum Gasteiger partial charge on any atom is -0.350 e. The van der Waals surface area contributed by atoms with E-state index in [1.54, 1.807) is 6.07 Å². The average Bonchev–Trinajstić information content (AvgIpc) is 2.46. The molecule has 74 valence electrons. The quantitative estimate of drug-likeness (QED) is 0.770. The summed E-state index contributed by atoms with van der Waals surface area (Å²) in [4.78, 5) is 0. The molecule has 0 spiro atoms. The molecule has 2 aromatic rings. The largest absolute Gasteiger partial charge is 0.350 e. The number of nitrogens with zero attached hydrogens (tertiary/aromatic N) is 1. The normalized spacial score (nSPS) is 11.1. The van der Waals surface area contributed by atoms with Crippen molar-refractivity contribution in [2.75, 3.05) is 7.05 Å². The number of rotatable bonds is 2. The zero-order valence-electron chi connectivity index (χ0n) is 8.34. The van der Waals surface area contributed by atoms with Gasteiger partial charge in [-0.3, -0.25) is 0 Å². The van der Waals surface area contributed by atoms with Crippen molar-refractivity contribution in [1.82, 2.24) is 9.88 Å².